The van der Waals surface area contributed by atoms with Crippen LogP contribution < -0.4 is 10.1 Å². The molecule has 132 valence electrons. The summed E-state index contributed by atoms with van der Waals surface area (Å²) in [6.45, 7) is 3.27. The van der Waals surface area contributed by atoms with E-state index in [2.05, 4.69) is 15.2 Å². The molecule has 1 atom stereocenters. The van der Waals surface area contributed by atoms with Crippen molar-refractivity contribution >= 4 is 5.91 Å². The molecule has 1 aromatic rings. The molecule has 0 spiro atoms. The van der Waals surface area contributed by atoms with Crippen LogP contribution in [-0.2, 0) is 9.53 Å². The van der Waals surface area contributed by atoms with Crippen LogP contribution in [0, 0.1) is 5.92 Å². The summed E-state index contributed by atoms with van der Waals surface area (Å²) in [6.07, 6.45) is 4.52. The Labute approximate surface area is 142 Å². The van der Waals surface area contributed by atoms with E-state index in [1.807, 2.05) is 6.07 Å². The average molecular weight is 335 g/mol. The highest BCUT2D eigenvalue weighted by molar-refractivity contribution is 5.78. The highest BCUT2D eigenvalue weighted by Crippen LogP contribution is 2.38. The number of rotatable bonds is 6. The van der Waals surface area contributed by atoms with E-state index in [0.717, 1.165) is 18.7 Å². The van der Waals surface area contributed by atoms with E-state index in [0.29, 0.717) is 38.3 Å². The average Bonchev–Trinajstić information content (AvgIpc) is 2.58. The Morgan fingerprint density at radius 3 is 2.88 bits per heavy atom. The summed E-state index contributed by atoms with van der Waals surface area (Å²) < 4.78 is 10.5. The van der Waals surface area contributed by atoms with E-state index < -0.39 is 0 Å². The largest absolute Gasteiger partial charge is 0.495 e. The smallest absolute Gasteiger partial charge is 0.234 e. The molecular formula is C17H25N3O4. The number of methoxy groups -OCH3 is 1. The predicted octanol–water partition coefficient (Wildman–Crippen LogP) is 0.351. The van der Waals surface area contributed by atoms with Crippen molar-refractivity contribution in [3.63, 3.8) is 0 Å². The number of aliphatic hydroxyl groups excluding tert-OH is 1. The third-order valence-corrected chi connectivity index (χ3v) is 4.74. The molecule has 1 aromatic heterocycles. The molecule has 0 radical (unpaired) electrons. The Bertz CT molecular complexity index is 557. The Morgan fingerprint density at radius 2 is 2.21 bits per heavy atom. The van der Waals surface area contributed by atoms with E-state index in [1.165, 1.54) is 0 Å². The summed E-state index contributed by atoms with van der Waals surface area (Å²) in [7, 11) is 1.60. The number of morpholine rings is 1. The van der Waals surface area contributed by atoms with Gasteiger partial charge >= 0.3 is 0 Å². The molecule has 2 heterocycles. The van der Waals surface area contributed by atoms with Crippen LogP contribution in [-0.4, -0.2) is 67.0 Å². The number of amides is 1. The van der Waals surface area contributed by atoms with Crippen molar-refractivity contribution in [2.45, 2.75) is 25.0 Å². The molecule has 7 nitrogen and oxygen atoms in total. The van der Waals surface area contributed by atoms with Gasteiger partial charge < -0.3 is 19.9 Å². The van der Waals surface area contributed by atoms with Gasteiger partial charge in [-0.2, -0.15) is 0 Å². The number of aromatic nitrogens is 1. The molecule has 1 aliphatic heterocycles. The van der Waals surface area contributed by atoms with E-state index >= 15 is 0 Å². The second kappa shape index (κ2) is 7.92. The molecule has 0 aromatic carbocycles. The second-order valence-corrected chi connectivity index (χ2v) is 6.48. The van der Waals surface area contributed by atoms with Crippen molar-refractivity contribution in [1.82, 2.24) is 15.2 Å². The molecule has 1 aliphatic carbocycles. The fourth-order valence-electron chi connectivity index (χ4n) is 3.27. The first kappa shape index (κ1) is 17.1. The number of ether oxygens (including phenoxy) is 2. The lowest BCUT2D eigenvalue weighted by Crippen LogP contribution is -2.47. The van der Waals surface area contributed by atoms with Crippen molar-refractivity contribution in [1.29, 1.82) is 0 Å². The predicted molar refractivity (Wildman–Crippen MR) is 87.7 cm³/mol. The molecule has 1 saturated heterocycles. The minimum atomic E-state index is -0.271. The molecule has 2 N–H and O–H groups in total. The zero-order chi connectivity index (χ0) is 16.9. The number of hydrogen-bond acceptors (Lipinski definition) is 6. The number of carbonyl (C=O) groups is 1. The first-order chi connectivity index (χ1) is 11.7. The standard InChI is InChI=1S/C17H25N3O4/c1-23-15-8-13(9-18-10-15)17(12-6-14(21)7-12)19-16(22)11-20-2-4-24-5-3-20/h8-10,12,14,17,21H,2-7,11H2,1H3,(H,19,22)/t12?,14?,17-/m1/s1. The van der Waals surface area contributed by atoms with Crippen molar-refractivity contribution < 1.29 is 19.4 Å². The van der Waals surface area contributed by atoms with Gasteiger partial charge in [-0.1, -0.05) is 0 Å². The fraction of sp³-hybridized carbons (Fsp3) is 0.647. The maximum Gasteiger partial charge on any atom is 0.234 e. The Kier molecular flexibility index (Phi) is 5.65. The minimum Gasteiger partial charge on any atom is -0.495 e. The number of nitrogens with one attached hydrogen (secondary N) is 1. The van der Waals surface area contributed by atoms with Crippen LogP contribution in [0.4, 0.5) is 0 Å². The monoisotopic (exact) mass is 335 g/mol. The van der Waals surface area contributed by atoms with Crippen LogP contribution in [0.5, 0.6) is 5.75 Å². The maximum absolute atomic E-state index is 12.5. The SMILES string of the molecule is COc1cncc([C@H](NC(=O)CN2CCOCC2)C2CC(O)C2)c1. The first-order valence-corrected chi connectivity index (χ1v) is 8.42. The van der Waals surface area contributed by atoms with Crippen LogP contribution in [0.15, 0.2) is 18.5 Å². The molecule has 7 heteroatoms. The van der Waals surface area contributed by atoms with Crippen LogP contribution in [0.1, 0.15) is 24.4 Å². The highest BCUT2D eigenvalue weighted by atomic mass is 16.5. The summed E-state index contributed by atoms with van der Waals surface area (Å²) in [4.78, 5) is 18.8. The number of carbonyl (C=O) groups excluding carboxylic acids is 1. The van der Waals surface area contributed by atoms with Crippen molar-refractivity contribution in [2.24, 2.45) is 5.92 Å². The van der Waals surface area contributed by atoms with Gasteiger partial charge in [0.15, 0.2) is 0 Å². The second-order valence-electron chi connectivity index (χ2n) is 6.48. The summed E-state index contributed by atoms with van der Waals surface area (Å²) in [5.41, 5.74) is 0.918. The lowest BCUT2D eigenvalue weighted by molar-refractivity contribution is -0.125. The Hall–Kier alpha value is -1.70. The fourth-order valence-corrected chi connectivity index (χ4v) is 3.27. The molecule has 0 unspecified atom stereocenters. The molecular weight excluding hydrogens is 310 g/mol. The quantitative estimate of drug-likeness (QED) is 0.780. The van der Waals surface area contributed by atoms with E-state index in [1.54, 1.807) is 19.5 Å². The van der Waals surface area contributed by atoms with E-state index in [9.17, 15) is 9.90 Å². The van der Waals surface area contributed by atoms with Gasteiger partial charge in [-0.15, -0.1) is 0 Å². The summed E-state index contributed by atoms with van der Waals surface area (Å²) in [5.74, 6) is 0.883. The van der Waals surface area contributed by atoms with Gasteiger partial charge in [0, 0.05) is 19.3 Å². The van der Waals surface area contributed by atoms with Crippen LogP contribution in [0.25, 0.3) is 0 Å². The summed E-state index contributed by atoms with van der Waals surface area (Å²) >= 11 is 0. The van der Waals surface area contributed by atoms with E-state index in [4.69, 9.17) is 9.47 Å². The van der Waals surface area contributed by atoms with Gasteiger partial charge in [0.2, 0.25) is 5.91 Å². The molecule has 1 saturated carbocycles. The number of pyridine rings is 1. The Morgan fingerprint density at radius 1 is 1.46 bits per heavy atom. The summed E-state index contributed by atoms with van der Waals surface area (Å²) in [5, 5.41) is 12.8. The third kappa shape index (κ3) is 4.23. The van der Waals surface area contributed by atoms with Gasteiger partial charge in [0.05, 0.1) is 45.2 Å². The zero-order valence-electron chi connectivity index (χ0n) is 14.0. The zero-order valence-corrected chi connectivity index (χ0v) is 14.0. The van der Waals surface area contributed by atoms with Crippen LogP contribution in [0.2, 0.25) is 0 Å². The first-order valence-electron chi connectivity index (χ1n) is 8.42. The molecule has 0 bridgehead atoms. The molecule has 24 heavy (non-hydrogen) atoms. The van der Waals surface area contributed by atoms with Crippen molar-refractivity contribution in [3.05, 3.63) is 24.0 Å². The number of nitrogens with zero attached hydrogens (tertiary/aromatic N) is 2. The summed E-state index contributed by atoms with van der Waals surface area (Å²) in [6, 6.07) is 1.75. The van der Waals surface area contributed by atoms with Crippen molar-refractivity contribution in [2.75, 3.05) is 40.0 Å². The lowest BCUT2D eigenvalue weighted by Gasteiger charge is -2.38. The highest BCUT2D eigenvalue weighted by Gasteiger charge is 2.36. The third-order valence-electron chi connectivity index (χ3n) is 4.74. The maximum atomic E-state index is 12.5. The van der Waals surface area contributed by atoms with Gasteiger partial charge in [-0.3, -0.25) is 14.7 Å². The number of hydrogen-bond donors (Lipinski definition) is 2. The normalized spacial score (nSPS) is 25.6. The molecule has 2 aliphatic rings. The van der Waals surface area contributed by atoms with Gasteiger partial charge in [-0.05, 0) is 30.4 Å². The van der Waals surface area contributed by atoms with Crippen LogP contribution >= 0.6 is 0 Å². The number of aliphatic hydroxyl groups is 1. The molecule has 1 amide bonds. The minimum absolute atomic E-state index is 0.00823. The Balaban J connectivity index is 1.66. The topological polar surface area (TPSA) is 83.9 Å². The van der Waals surface area contributed by atoms with Gasteiger partial charge in [0.25, 0.3) is 0 Å². The van der Waals surface area contributed by atoms with E-state index in [-0.39, 0.29) is 24.0 Å². The van der Waals surface area contributed by atoms with Crippen molar-refractivity contribution in [3.8, 4) is 5.75 Å². The van der Waals surface area contributed by atoms with Crippen LogP contribution in [0.3, 0.4) is 0 Å². The van der Waals surface area contributed by atoms with Gasteiger partial charge in [0.1, 0.15) is 5.75 Å². The molecule has 2 fully saturated rings. The lowest BCUT2D eigenvalue weighted by atomic mass is 9.75. The van der Waals surface area contributed by atoms with Gasteiger partial charge in [-0.25, -0.2) is 0 Å². The molecule has 3 rings (SSSR count).